The Balaban J connectivity index is 2.41. The minimum Gasteiger partial charge on any atom is -0.294 e. The lowest BCUT2D eigenvalue weighted by Crippen LogP contribution is -2.05. The second kappa shape index (κ2) is 4.82. The highest BCUT2D eigenvalue weighted by molar-refractivity contribution is 5.98. The molecule has 0 heterocycles. The summed E-state index contributed by atoms with van der Waals surface area (Å²) in [5.74, 6) is 0.336. The smallest absolute Gasteiger partial charge is 0.163 e. The minimum absolute atomic E-state index is 0.336. The molecule has 0 atom stereocenters. The van der Waals surface area contributed by atoms with Crippen LogP contribution in [0.3, 0.4) is 0 Å². The van der Waals surface area contributed by atoms with Crippen molar-refractivity contribution in [3.8, 4) is 0 Å². The van der Waals surface area contributed by atoms with Crippen LogP contribution < -0.4 is 0 Å². The second-order valence-corrected chi connectivity index (χ2v) is 4.61. The highest BCUT2D eigenvalue weighted by Crippen LogP contribution is 2.29. The fourth-order valence-corrected chi connectivity index (χ4v) is 2.73. The standard InChI is InChI=1S/C15H20O/c1-3-6-15(16)14-10-9-11(4-2)12-7-5-8-13(12)14/h9-10H,3-8H2,1-2H3. The number of carbonyl (C=O) groups excluding carboxylic acids is 1. The quantitative estimate of drug-likeness (QED) is 0.701. The van der Waals surface area contributed by atoms with Gasteiger partial charge in [-0.25, -0.2) is 0 Å². The normalized spacial score (nSPS) is 13.9. The van der Waals surface area contributed by atoms with Crippen molar-refractivity contribution in [2.45, 2.75) is 52.4 Å². The van der Waals surface area contributed by atoms with Gasteiger partial charge in [0.1, 0.15) is 0 Å². The summed E-state index contributed by atoms with van der Waals surface area (Å²) in [5, 5.41) is 0. The van der Waals surface area contributed by atoms with Crippen LogP contribution >= 0.6 is 0 Å². The van der Waals surface area contributed by atoms with Crippen LogP contribution in [0.1, 0.15) is 60.2 Å². The highest BCUT2D eigenvalue weighted by Gasteiger charge is 2.20. The molecule has 1 nitrogen and oxygen atoms in total. The third kappa shape index (κ3) is 1.91. The Labute approximate surface area is 97.9 Å². The number of hydrogen-bond acceptors (Lipinski definition) is 1. The summed E-state index contributed by atoms with van der Waals surface area (Å²) in [4.78, 5) is 12.0. The van der Waals surface area contributed by atoms with Crippen molar-refractivity contribution < 1.29 is 4.79 Å². The fourth-order valence-electron chi connectivity index (χ4n) is 2.73. The highest BCUT2D eigenvalue weighted by atomic mass is 16.1. The van der Waals surface area contributed by atoms with Crippen molar-refractivity contribution in [1.82, 2.24) is 0 Å². The van der Waals surface area contributed by atoms with E-state index in [1.807, 2.05) is 0 Å². The number of ketones is 1. The zero-order chi connectivity index (χ0) is 11.5. The van der Waals surface area contributed by atoms with Crippen molar-refractivity contribution >= 4 is 5.78 Å². The van der Waals surface area contributed by atoms with Crippen LogP contribution in [-0.2, 0) is 19.3 Å². The van der Waals surface area contributed by atoms with Crippen molar-refractivity contribution in [2.75, 3.05) is 0 Å². The number of fused-ring (bicyclic) bond motifs is 1. The van der Waals surface area contributed by atoms with E-state index in [2.05, 4.69) is 26.0 Å². The topological polar surface area (TPSA) is 17.1 Å². The number of benzene rings is 1. The molecule has 2 rings (SSSR count). The molecule has 0 unspecified atom stereocenters. The minimum atomic E-state index is 0.336. The van der Waals surface area contributed by atoms with E-state index in [4.69, 9.17) is 0 Å². The molecule has 0 fully saturated rings. The molecule has 1 aromatic carbocycles. The van der Waals surface area contributed by atoms with Crippen LogP contribution in [0.5, 0.6) is 0 Å². The zero-order valence-corrected chi connectivity index (χ0v) is 10.3. The number of aryl methyl sites for hydroxylation is 1. The van der Waals surface area contributed by atoms with E-state index in [-0.39, 0.29) is 0 Å². The van der Waals surface area contributed by atoms with E-state index in [0.717, 1.165) is 24.8 Å². The van der Waals surface area contributed by atoms with Gasteiger partial charge in [-0.15, -0.1) is 0 Å². The van der Waals surface area contributed by atoms with E-state index < -0.39 is 0 Å². The molecule has 0 spiro atoms. The first-order valence-corrected chi connectivity index (χ1v) is 6.44. The maximum absolute atomic E-state index is 12.0. The molecule has 1 aliphatic rings. The average Bonchev–Trinajstić information content (AvgIpc) is 2.76. The molecule has 0 saturated carbocycles. The van der Waals surface area contributed by atoms with Crippen LogP contribution in [0.2, 0.25) is 0 Å². The van der Waals surface area contributed by atoms with Gasteiger partial charge in [0.25, 0.3) is 0 Å². The summed E-state index contributed by atoms with van der Waals surface area (Å²) in [5.41, 5.74) is 5.29. The van der Waals surface area contributed by atoms with Gasteiger partial charge >= 0.3 is 0 Å². The molecule has 1 heteroatoms. The molecule has 1 aromatic rings. The van der Waals surface area contributed by atoms with Gasteiger partial charge in [0, 0.05) is 12.0 Å². The number of hydrogen-bond donors (Lipinski definition) is 0. The summed E-state index contributed by atoms with van der Waals surface area (Å²) in [6.45, 7) is 4.26. The van der Waals surface area contributed by atoms with E-state index in [1.165, 1.54) is 29.5 Å². The van der Waals surface area contributed by atoms with Crippen LogP contribution in [0.4, 0.5) is 0 Å². The third-order valence-electron chi connectivity index (χ3n) is 3.54. The van der Waals surface area contributed by atoms with Gasteiger partial charge in [-0.3, -0.25) is 4.79 Å². The summed E-state index contributed by atoms with van der Waals surface area (Å²) in [7, 11) is 0. The third-order valence-corrected chi connectivity index (χ3v) is 3.54. The number of rotatable bonds is 4. The van der Waals surface area contributed by atoms with Gasteiger partial charge in [-0.05, 0) is 48.8 Å². The maximum Gasteiger partial charge on any atom is 0.163 e. The van der Waals surface area contributed by atoms with Crippen molar-refractivity contribution in [2.24, 2.45) is 0 Å². The Hall–Kier alpha value is -1.11. The van der Waals surface area contributed by atoms with Crippen molar-refractivity contribution in [3.05, 3.63) is 34.4 Å². The predicted molar refractivity (Wildman–Crippen MR) is 67.1 cm³/mol. The van der Waals surface area contributed by atoms with E-state index >= 15 is 0 Å². The van der Waals surface area contributed by atoms with Gasteiger partial charge in [-0.1, -0.05) is 26.0 Å². The molecule has 86 valence electrons. The fraction of sp³-hybridized carbons (Fsp3) is 0.533. The summed E-state index contributed by atoms with van der Waals surface area (Å²) in [6, 6.07) is 4.22. The van der Waals surface area contributed by atoms with Gasteiger partial charge < -0.3 is 0 Å². The van der Waals surface area contributed by atoms with Gasteiger partial charge in [0.2, 0.25) is 0 Å². The Morgan fingerprint density at radius 2 is 1.94 bits per heavy atom. The van der Waals surface area contributed by atoms with E-state index in [0.29, 0.717) is 12.2 Å². The summed E-state index contributed by atoms with van der Waals surface area (Å²) < 4.78 is 0. The first kappa shape index (κ1) is 11.4. The Bertz CT molecular complexity index is 404. The van der Waals surface area contributed by atoms with Crippen LogP contribution in [0.15, 0.2) is 12.1 Å². The predicted octanol–water partition coefficient (Wildman–Crippen LogP) is 3.72. The molecule has 0 radical (unpaired) electrons. The molecule has 1 aliphatic carbocycles. The van der Waals surface area contributed by atoms with Gasteiger partial charge in [-0.2, -0.15) is 0 Å². The molecule has 0 saturated heterocycles. The molecule has 0 N–H and O–H groups in total. The largest absolute Gasteiger partial charge is 0.294 e. The van der Waals surface area contributed by atoms with Gasteiger partial charge in [0.15, 0.2) is 5.78 Å². The molecule has 0 aliphatic heterocycles. The summed E-state index contributed by atoms with van der Waals surface area (Å²) >= 11 is 0. The Morgan fingerprint density at radius 3 is 2.62 bits per heavy atom. The van der Waals surface area contributed by atoms with Crippen molar-refractivity contribution in [1.29, 1.82) is 0 Å². The number of carbonyl (C=O) groups is 1. The van der Waals surface area contributed by atoms with Crippen molar-refractivity contribution in [3.63, 3.8) is 0 Å². The first-order valence-electron chi connectivity index (χ1n) is 6.44. The monoisotopic (exact) mass is 216 g/mol. The Kier molecular flexibility index (Phi) is 3.42. The van der Waals surface area contributed by atoms with Crippen LogP contribution in [0.25, 0.3) is 0 Å². The lowest BCUT2D eigenvalue weighted by Gasteiger charge is -2.11. The van der Waals surface area contributed by atoms with Gasteiger partial charge in [0.05, 0.1) is 0 Å². The summed E-state index contributed by atoms with van der Waals surface area (Å²) in [6.07, 6.45) is 6.23. The number of Topliss-reactive ketones (excluding diaryl/α,β-unsaturated/α-hetero) is 1. The SMILES string of the molecule is CCCC(=O)c1ccc(CC)c2c1CCC2. The molecule has 16 heavy (non-hydrogen) atoms. The maximum atomic E-state index is 12.0. The molecular formula is C15H20O. The Morgan fingerprint density at radius 1 is 1.19 bits per heavy atom. The van der Waals surface area contributed by atoms with E-state index in [1.54, 1.807) is 0 Å². The lowest BCUT2D eigenvalue weighted by atomic mass is 9.93. The molecule has 0 aromatic heterocycles. The second-order valence-electron chi connectivity index (χ2n) is 4.61. The molecule has 0 bridgehead atoms. The zero-order valence-electron chi connectivity index (χ0n) is 10.3. The van der Waals surface area contributed by atoms with Crippen LogP contribution in [0, 0.1) is 0 Å². The average molecular weight is 216 g/mol. The molecule has 0 amide bonds. The van der Waals surface area contributed by atoms with E-state index in [9.17, 15) is 4.79 Å². The lowest BCUT2D eigenvalue weighted by molar-refractivity contribution is 0.0981. The molecular weight excluding hydrogens is 196 g/mol. The van der Waals surface area contributed by atoms with Crippen LogP contribution in [-0.4, -0.2) is 5.78 Å². The first-order chi connectivity index (χ1) is 7.77.